The molecule has 3 heteroatoms. The molecule has 0 atom stereocenters. The van der Waals surface area contributed by atoms with Crippen molar-refractivity contribution < 1.29 is 15.3 Å². The molecule has 0 radical (unpaired) electrons. The van der Waals surface area contributed by atoms with Crippen LogP contribution in [-0.4, -0.2) is 15.3 Å². The lowest BCUT2D eigenvalue weighted by Gasteiger charge is -2.14. The summed E-state index contributed by atoms with van der Waals surface area (Å²) >= 11 is 0. The molecule has 4 aromatic carbocycles. The zero-order valence-corrected chi connectivity index (χ0v) is 22.2. The van der Waals surface area contributed by atoms with Gasteiger partial charge in [-0.3, -0.25) is 0 Å². The molecule has 0 aliphatic carbocycles. The molecule has 0 aliphatic heterocycles. The lowest BCUT2D eigenvalue weighted by molar-refractivity contribution is 0.466. The van der Waals surface area contributed by atoms with Crippen molar-refractivity contribution in [3.05, 3.63) is 121 Å². The second-order valence-electron chi connectivity index (χ2n) is 10.4. The number of aryl methyl sites for hydroxylation is 6. The quantitative estimate of drug-likeness (QED) is 0.269. The van der Waals surface area contributed by atoms with Gasteiger partial charge in [0.25, 0.3) is 0 Å². The van der Waals surface area contributed by atoms with Crippen LogP contribution in [0.5, 0.6) is 17.2 Å². The molecule has 3 N–H and O–H groups in total. The van der Waals surface area contributed by atoms with Gasteiger partial charge in [0.1, 0.15) is 17.2 Å². The van der Waals surface area contributed by atoms with E-state index < -0.39 is 0 Å². The number of aromatic hydroxyl groups is 3. The van der Waals surface area contributed by atoms with Crippen LogP contribution in [0, 0.1) is 41.5 Å². The first kappa shape index (κ1) is 25.4. The van der Waals surface area contributed by atoms with Crippen LogP contribution in [0.15, 0.2) is 54.6 Å². The maximum absolute atomic E-state index is 10.2. The highest BCUT2D eigenvalue weighted by atomic mass is 16.3. The molecule has 0 unspecified atom stereocenters. The first-order valence-corrected chi connectivity index (χ1v) is 12.5. The molecule has 4 rings (SSSR count). The van der Waals surface area contributed by atoms with Gasteiger partial charge < -0.3 is 15.3 Å². The number of phenols is 3. The second kappa shape index (κ2) is 10.1. The average Bonchev–Trinajstić information content (AvgIpc) is 2.79. The van der Waals surface area contributed by atoms with Crippen LogP contribution in [0.3, 0.4) is 0 Å². The Morgan fingerprint density at radius 1 is 0.333 bits per heavy atom. The Balaban J connectivity index is 1.73. The van der Waals surface area contributed by atoms with Crippen molar-refractivity contribution in [3.8, 4) is 17.2 Å². The van der Waals surface area contributed by atoms with Gasteiger partial charge in [-0.15, -0.1) is 0 Å². The van der Waals surface area contributed by atoms with Gasteiger partial charge in [-0.2, -0.15) is 0 Å². The fourth-order valence-electron chi connectivity index (χ4n) is 5.30. The molecule has 36 heavy (non-hydrogen) atoms. The van der Waals surface area contributed by atoms with E-state index in [9.17, 15) is 15.3 Å². The van der Waals surface area contributed by atoms with E-state index in [1.807, 2.05) is 41.5 Å². The smallest absolute Gasteiger partial charge is 0.121 e. The maximum atomic E-state index is 10.2. The van der Waals surface area contributed by atoms with Crippen molar-refractivity contribution in [1.82, 2.24) is 0 Å². The molecule has 3 nitrogen and oxygen atoms in total. The van der Waals surface area contributed by atoms with E-state index in [1.54, 1.807) is 0 Å². The Labute approximate surface area is 214 Å². The molecular formula is C33H36O3. The molecule has 0 heterocycles. The lowest BCUT2D eigenvalue weighted by atomic mass is 9.92. The van der Waals surface area contributed by atoms with Gasteiger partial charge in [-0.05, 0) is 128 Å². The fourth-order valence-corrected chi connectivity index (χ4v) is 5.30. The molecule has 0 saturated heterocycles. The van der Waals surface area contributed by atoms with Gasteiger partial charge in [0.2, 0.25) is 0 Å². The predicted octanol–water partition coefficient (Wildman–Crippen LogP) is 7.43. The summed E-state index contributed by atoms with van der Waals surface area (Å²) in [6.45, 7) is 11.7. The maximum Gasteiger partial charge on any atom is 0.121 e. The van der Waals surface area contributed by atoms with Crippen LogP contribution in [0.25, 0.3) is 0 Å². The summed E-state index contributed by atoms with van der Waals surface area (Å²) in [5, 5.41) is 30.6. The van der Waals surface area contributed by atoms with Gasteiger partial charge in [0.05, 0.1) is 0 Å². The summed E-state index contributed by atoms with van der Waals surface area (Å²) in [5.74, 6) is 1.10. The number of hydrogen-bond donors (Lipinski definition) is 3. The molecule has 4 aromatic rings. The number of phenolic OH excluding ortho intramolecular Hbond substituents is 3. The van der Waals surface area contributed by atoms with Gasteiger partial charge in [0, 0.05) is 0 Å². The summed E-state index contributed by atoms with van der Waals surface area (Å²) in [6, 6.07) is 19.2. The number of rotatable bonds is 6. The predicted molar refractivity (Wildman–Crippen MR) is 148 cm³/mol. The van der Waals surface area contributed by atoms with Crippen molar-refractivity contribution in [2.24, 2.45) is 0 Å². The number of benzene rings is 4. The minimum absolute atomic E-state index is 0.365. The van der Waals surface area contributed by atoms with E-state index >= 15 is 0 Å². The average molecular weight is 481 g/mol. The standard InChI is InChI=1S/C33H36O3/c1-19-7-25(8-20(2)31(19)34)13-28-16-29(14-26-9-21(3)32(35)22(4)10-26)18-30(17-28)15-27-11-23(5)33(36)24(6)12-27/h7-12,16-18,34-36H,13-15H2,1-6H3. The molecule has 0 aliphatic rings. The molecule has 0 amide bonds. The van der Waals surface area contributed by atoms with Crippen molar-refractivity contribution in [2.75, 3.05) is 0 Å². The summed E-state index contributed by atoms with van der Waals surface area (Å²) in [7, 11) is 0. The SMILES string of the molecule is Cc1cc(Cc2cc(Cc3cc(C)c(O)c(C)c3)cc(Cc3cc(C)c(O)c(C)c3)c2)cc(C)c1O. The van der Waals surface area contributed by atoms with Gasteiger partial charge in [-0.25, -0.2) is 0 Å². The molecule has 186 valence electrons. The van der Waals surface area contributed by atoms with Crippen LogP contribution < -0.4 is 0 Å². The first-order chi connectivity index (χ1) is 17.0. The van der Waals surface area contributed by atoms with Crippen LogP contribution in [0.4, 0.5) is 0 Å². The van der Waals surface area contributed by atoms with E-state index in [2.05, 4.69) is 54.6 Å². The summed E-state index contributed by atoms with van der Waals surface area (Å²) in [6.07, 6.45) is 2.35. The van der Waals surface area contributed by atoms with E-state index in [0.29, 0.717) is 17.2 Å². The zero-order valence-electron chi connectivity index (χ0n) is 22.2. The van der Waals surface area contributed by atoms with E-state index in [0.717, 1.165) is 52.6 Å². The highest BCUT2D eigenvalue weighted by Gasteiger charge is 2.11. The molecule has 0 aromatic heterocycles. The zero-order chi connectivity index (χ0) is 26.1. The van der Waals surface area contributed by atoms with Crippen LogP contribution in [-0.2, 0) is 19.3 Å². The van der Waals surface area contributed by atoms with Crippen molar-refractivity contribution in [2.45, 2.75) is 60.8 Å². The summed E-state index contributed by atoms with van der Waals surface area (Å²) in [4.78, 5) is 0. The molecule has 0 saturated carbocycles. The third kappa shape index (κ3) is 5.57. The Kier molecular flexibility index (Phi) is 7.12. The summed E-state index contributed by atoms with van der Waals surface area (Å²) < 4.78 is 0. The number of hydrogen-bond acceptors (Lipinski definition) is 3. The lowest BCUT2D eigenvalue weighted by Crippen LogP contribution is -1.99. The Bertz CT molecular complexity index is 1190. The minimum atomic E-state index is 0.365. The van der Waals surface area contributed by atoms with Crippen molar-refractivity contribution in [3.63, 3.8) is 0 Å². The van der Waals surface area contributed by atoms with Crippen LogP contribution in [0.1, 0.15) is 66.8 Å². The summed E-state index contributed by atoms with van der Waals surface area (Å²) in [5.41, 5.74) is 12.6. The minimum Gasteiger partial charge on any atom is -0.507 e. The van der Waals surface area contributed by atoms with Gasteiger partial charge in [0.15, 0.2) is 0 Å². The highest BCUT2D eigenvalue weighted by Crippen LogP contribution is 2.29. The first-order valence-electron chi connectivity index (χ1n) is 12.5. The van der Waals surface area contributed by atoms with Crippen molar-refractivity contribution >= 4 is 0 Å². The van der Waals surface area contributed by atoms with Gasteiger partial charge >= 0.3 is 0 Å². The van der Waals surface area contributed by atoms with E-state index in [1.165, 1.54) is 33.4 Å². The molecule has 0 bridgehead atoms. The second-order valence-corrected chi connectivity index (χ2v) is 10.4. The molecule has 0 spiro atoms. The van der Waals surface area contributed by atoms with Crippen molar-refractivity contribution in [1.29, 1.82) is 0 Å². The third-order valence-electron chi connectivity index (χ3n) is 6.99. The van der Waals surface area contributed by atoms with Crippen LogP contribution >= 0.6 is 0 Å². The highest BCUT2D eigenvalue weighted by molar-refractivity contribution is 5.48. The Morgan fingerprint density at radius 2 is 0.500 bits per heavy atom. The van der Waals surface area contributed by atoms with E-state index in [4.69, 9.17) is 0 Å². The van der Waals surface area contributed by atoms with Crippen LogP contribution in [0.2, 0.25) is 0 Å². The third-order valence-corrected chi connectivity index (χ3v) is 6.99. The normalized spacial score (nSPS) is 11.2. The Morgan fingerprint density at radius 3 is 0.694 bits per heavy atom. The van der Waals surface area contributed by atoms with E-state index in [-0.39, 0.29) is 0 Å². The fraction of sp³-hybridized carbons (Fsp3) is 0.273. The largest absolute Gasteiger partial charge is 0.507 e. The van der Waals surface area contributed by atoms with Gasteiger partial charge in [-0.1, -0.05) is 54.6 Å². The topological polar surface area (TPSA) is 60.7 Å². The molecular weight excluding hydrogens is 444 g/mol. The Hall–Kier alpha value is -3.72. The molecule has 0 fully saturated rings. The monoisotopic (exact) mass is 480 g/mol.